The molecule has 0 bridgehead atoms. The van der Waals surface area contributed by atoms with Gasteiger partial charge < -0.3 is 10.6 Å². The third kappa shape index (κ3) is 1.81. The van der Waals surface area contributed by atoms with Crippen LogP contribution in [-0.2, 0) is 0 Å². The Morgan fingerprint density at radius 1 is 1.42 bits per heavy atom. The molecule has 0 aromatic carbocycles. The summed E-state index contributed by atoms with van der Waals surface area (Å²) < 4.78 is 0. The molecule has 0 spiro atoms. The summed E-state index contributed by atoms with van der Waals surface area (Å²) in [4.78, 5) is 2.43. The molecule has 1 saturated carbocycles. The summed E-state index contributed by atoms with van der Waals surface area (Å²) >= 11 is 0. The fourth-order valence-electron chi connectivity index (χ4n) is 1.85. The average Bonchev–Trinajstić information content (AvgIpc) is 2.79. The quantitative estimate of drug-likeness (QED) is 0.670. The summed E-state index contributed by atoms with van der Waals surface area (Å²) in [5.74, 6) is 0.969. The molecule has 1 aliphatic heterocycles. The van der Waals surface area contributed by atoms with Gasteiger partial charge in [-0.3, -0.25) is 0 Å². The lowest BCUT2D eigenvalue weighted by molar-refractivity contribution is 0.265. The van der Waals surface area contributed by atoms with E-state index in [1.165, 1.54) is 25.1 Å². The molecule has 2 heteroatoms. The molecule has 1 unspecified atom stereocenters. The molecule has 0 radical (unpaired) electrons. The summed E-state index contributed by atoms with van der Waals surface area (Å²) in [6.07, 6.45) is 5.00. The summed E-state index contributed by atoms with van der Waals surface area (Å²) in [6, 6.07) is 0.368. The zero-order valence-corrected chi connectivity index (χ0v) is 7.63. The molecular formula is C10H18N2. The van der Waals surface area contributed by atoms with Crippen molar-refractivity contribution in [1.82, 2.24) is 4.90 Å². The molecule has 1 aliphatic carbocycles. The van der Waals surface area contributed by atoms with Gasteiger partial charge in [0.2, 0.25) is 0 Å². The first-order valence-electron chi connectivity index (χ1n) is 4.94. The summed E-state index contributed by atoms with van der Waals surface area (Å²) in [5.41, 5.74) is 7.11. The second kappa shape index (κ2) is 3.09. The van der Waals surface area contributed by atoms with Gasteiger partial charge in [-0.25, -0.2) is 0 Å². The van der Waals surface area contributed by atoms with Crippen LogP contribution in [0.1, 0.15) is 25.7 Å². The first-order chi connectivity index (χ1) is 5.75. The van der Waals surface area contributed by atoms with Crippen LogP contribution >= 0.6 is 0 Å². The van der Waals surface area contributed by atoms with E-state index in [0.717, 1.165) is 25.3 Å². The maximum absolute atomic E-state index is 5.85. The van der Waals surface area contributed by atoms with E-state index in [9.17, 15) is 0 Å². The topological polar surface area (TPSA) is 29.3 Å². The van der Waals surface area contributed by atoms with Crippen molar-refractivity contribution in [3.05, 3.63) is 12.3 Å². The lowest BCUT2D eigenvalue weighted by Crippen LogP contribution is -2.38. The highest BCUT2D eigenvalue weighted by Crippen LogP contribution is 2.32. The van der Waals surface area contributed by atoms with Crippen LogP contribution in [0.15, 0.2) is 12.3 Å². The Bertz CT molecular complexity index is 184. The molecule has 2 aliphatic rings. The SMILES string of the molecule is C=C1CC(N)CCN1CC1CC1. The highest BCUT2D eigenvalue weighted by Gasteiger charge is 2.27. The number of rotatable bonds is 2. The van der Waals surface area contributed by atoms with E-state index in [-0.39, 0.29) is 0 Å². The van der Waals surface area contributed by atoms with Crippen LogP contribution in [0.4, 0.5) is 0 Å². The fourth-order valence-corrected chi connectivity index (χ4v) is 1.85. The molecule has 1 atom stereocenters. The third-order valence-electron chi connectivity index (χ3n) is 2.89. The van der Waals surface area contributed by atoms with Crippen LogP contribution < -0.4 is 5.73 Å². The average molecular weight is 166 g/mol. The first-order valence-corrected chi connectivity index (χ1v) is 4.94. The van der Waals surface area contributed by atoms with Crippen molar-refractivity contribution in [2.24, 2.45) is 11.7 Å². The molecule has 1 saturated heterocycles. The van der Waals surface area contributed by atoms with Crippen molar-refractivity contribution in [2.75, 3.05) is 13.1 Å². The number of likely N-dealkylation sites (tertiary alicyclic amines) is 1. The van der Waals surface area contributed by atoms with E-state index in [1.54, 1.807) is 0 Å². The Hall–Kier alpha value is -0.500. The third-order valence-corrected chi connectivity index (χ3v) is 2.89. The van der Waals surface area contributed by atoms with Gasteiger partial charge in [0.15, 0.2) is 0 Å². The molecule has 68 valence electrons. The lowest BCUT2D eigenvalue weighted by Gasteiger charge is -2.34. The summed E-state index contributed by atoms with van der Waals surface area (Å²) in [7, 11) is 0. The second-order valence-corrected chi connectivity index (χ2v) is 4.21. The van der Waals surface area contributed by atoms with E-state index in [0.29, 0.717) is 6.04 Å². The number of hydrogen-bond donors (Lipinski definition) is 1. The van der Waals surface area contributed by atoms with E-state index in [4.69, 9.17) is 5.73 Å². The smallest absolute Gasteiger partial charge is 0.0203 e. The molecule has 0 amide bonds. The molecule has 2 fully saturated rings. The van der Waals surface area contributed by atoms with E-state index >= 15 is 0 Å². The Kier molecular flexibility index (Phi) is 2.09. The molecule has 0 aromatic heterocycles. The maximum atomic E-state index is 5.85. The van der Waals surface area contributed by atoms with Crippen LogP contribution in [0, 0.1) is 5.92 Å². The van der Waals surface area contributed by atoms with Crippen molar-refractivity contribution < 1.29 is 0 Å². The Morgan fingerprint density at radius 2 is 2.17 bits per heavy atom. The normalized spacial score (nSPS) is 30.9. The molecular weight excluding hydrogens is 148 g/mol. The number of piperidine rings is 1. The molecule has 12 heavy (non-hydrogen) atoms. The zero-order chi connectivity index (χ0) is 8.55. The van der Waals surface area contributed by atoms with Gasteiger partial charge in [-0.05, 0) is 25.2 Å². The first kappa shape index (κ1) is 8.11. The van der Waals surface area contributed by atoms with Gasteiger partial charge in [-0.15, -0.1) is 0 Å². The van der Waals surface area contributed by atoms with Gasteiger partial charge in [0.1, 0.15) is 0 Å². The van der Waals surface area contributed by atoms with Gasteiger partial charge in [0, 0.05) is 31.2 Å². The van der Waals surface area contributed by atoms with Crippen molar-refractivity contribution in [1.29, 1.82) is 0 Å². The Morgan fingerprint density at radius 3 is 2.75 bits per heavy atom. The zero-order valence-electron chi connectivity index (χ0n) is 7.63. The summed E-state index contributed by atoms with van der Waals surface area (Å²) in [5, 5.41) is 0. The minimum absolute atomic E-state index is 0.368. The maximum Gasteiger partial charge on any atom is 0.0203 e. The molecule has 2 nitrogen and oxygen atoms in total. The van der Waals surface area contributed by atoms with Gasteiger partial charge in [0.25, 0.3) is 0 Å². The number of nitrogens with two attached hydrogens (primary N) is 1. The van der Waals surface area contributed by atoms with Crippen LogP contribution in [0.2, 0.25) is 0 Å². The molecule has 0 aromatic rings. The van der Waals surface area contributed by atoms with Crippen molar-refractivity contribution >= 4 is 0 Å². The fraction of sp³-hybridized carbons (Fsp3) is 0.800. The van der Waals surface area contributed by atoms with Crippen molar-refractivity contribution in [2.45, 2.75) is 31.7 Å². The van der Waals surface area contributed by atoms with Crippen LogP contribution in [0.3, 0.4) is 0 Å². The highest BCUT2D eigenvalue weighted by atomic mass is 15.2. The van der Waals surface area contributed by atoms with Crippen LogP contribution in [-0.4, -0.2) is 24.0 Å². The highest BCUT2D eigenvalue weighted by molar-refractivity contribution is 5.02. The lowest BCUT2D eigenvalue weighted by atomic mass is 10.0. The predicted octanol–water partition coefficient (Wildman–Crippen LogP) is 1.33. The van der Waals surface area contributed by atoms with Gasteiger partial charge in [-0.2, -0.15) is 0 Å². The van der Waals surface area contributed by atoms with Gasteiger partial charge >= 0.3 is 0 Å². The van der Waals surface area contributed by atoms with Crippen LogP contribution in [0.25, 0.3) is 0 Å². The molecule has 2 N–H and O–H groups in total. The number of nitrogens with zero attached hydrogens (tertiary/aromatic N) is 1. The van der Waals surface area contributed by atoms with Gasteiger partial charge in [0.05, 0.1) is 0 Å². The molecule has 1 heterocycles. The van der Waals surface area contributed by atoms with Gasteiger partial charge in [-0.1, -0.05) is 6.58 Å². The number of hydrogen-bond acceptors (Lipinski definition) is 2. The monoisotopic (exact) mass is 166 g/mol. The minimum atomic E-state index is 0.368. The van der Waals surface area contributed by atoms with Crippen molar-refractivity contribution in [3.63, 3.8) is 0 Å². The Balaban J connectivity index is 1.84. The minimum Gasteiger partial charge on any atom is -0.375 e. The summed E-state index contributed by atoms with van der Waals surface area (Å²) in [6.45, 7) is 6.45. The Labute approximate surface area is 74.4 Å². The molecule has 2 rings (SSSR count). The van der Waals surface area contributed by atoms with Crippen LogP contribution in [0.5, 0.6) is 0 Å². The largest absolute Gasteiger partial charge is 0.375 e. The van der Waals surface area contributed by atoms with Crippen molar-refractivity contribution in [3.8, 4) is 0 Å². The van der Waals surface area contributed by atoms with E-state index in [1.807, 2.05) is 0 Å². The van der Waals surface area contributed by atoms with E-state index < -0.39 is 0 Å². The van der Waals surface area contributed by atoms with E-state index in [2.05, 4.69) is 11.5 Å². The standard InChI is InChI=1S/C10H18N2/c1-8-6-10(11)4-5-12(8)7-9-2-3-9/h9-10H,1-7,11H2. The second-order valence-electron chi connectivity index (χ2n) is 4.21. The predicted molar refractivity (Wildman–Crippen MR) is 50.6 cm³/mol.